The van der Waals surface area contributed by atoms with Gasteiger partial charge in [-0.2, -0.15) is 0 Å². The lowest BCUT2D eigenvalue weighted by atomic mass is 10.2. The van der Waals surface area contributed by atoms with Gasteiger partial charge < -0.3 is 14.2 Å². The molecular weight excluding hydrogens is 347 g/mol. The molecule has 0 atom stereocenters. The van der Waals surface area contributed by atoms with Crippen molar-refractivity contribution in [3.05, 3.63) is 39.6 Å². The lowest BCUT2D eigenvalue weighted by Gasteiger charge is -2.17. The maximum absolute atomic E-state index is 12.5. The van der Waals surface area contributed by atoms with Crippen molar-refractivity contribution in [3.63, 3.8) is 0 Å². The number of hydrogen-bond donors (Lipinski definition) is 1. The Morgan fingerprint density at radius 2 is 1.75 bits per heavy atom. The van der Waals surface area contributed by atoms with Crippen LogP contribution in [0.5, 0.6) is 0 Å². The van der Waals surface area contributed by atoms with Gasteiger partial charge in [-0.25, -0.2) is 4.79 Å². The van der Waals surface area contributed by atoms with Crippen LogP contribution in [0.15, 0.2) is 34.1 Å². The van der Waals surface area contributed by atoms with E-state index in [0.29, 0.717) is 5.56 Å². The van der Waals surface area contributed by atoms with Crippen LogP contribution in [0.4, 0.5) is 0 Å². The van der Waals surface area contributed by atoms with E-state index in [1.54, 1.807) is 38.1 Å². The van der Waals surface area contributed by atoms with Crippen molar-refractivity contribution in [3.8, 4) is 0 Å². The lowest BCUT2D eigenvalue weighted by Crippen LogP contribution is -2.07. The van der Waals surface area contributed by atoms with Gasteiger partial charge >= 0.3 is 13.6 Å². The van der Waals surface area contributed by atoms with Gasteiger partial charge in [-0.1, -0.05) is 28.1 Å². The summed E-state index contributed by atoms with van der Waals surface area (Å²) in [5, 5.41) is 8.90. The highest BCUT2D eigenvalue weighted by atomic mass is 79.9. The highest BCUT2D eigenvalue weighted by Gasteiger charge is 2.34. The number of carbonyl (C=O) groups is 1. The molecule has 20 heavy (non-hydrogen) atoms. The Balaban J connectivity index is 3.24. The van der Waals surface area contributed by atoms with E-state index in [4.69, 9.17) is 9.05 Å². The molecule has 1 aromatic rings. The smallest absolute Gasteiger partial charge is 0.368 e. The third-order valence-electron chi connectivity index (χ3n) is 2.29. The summed E-state index contributed by atoms with van der Waals surface area (Å²) in [5.74, 6) is -1.32. The average molecular weight is 363 g/mol. The summed E-state index contributed by atoms with van der Waals surface area (Å²) in [7, 11) is -3.81. The number of carboxylic acid groups (broad SMARTS) is 1. The summed E-state index contributed by atoms with van der Waals surface area (Å²) in [4.78, 5) is 11.4. The molecule has 0 spiro atoms. The zero-order valence-corrected chi connectivity index (χ0v) is 13.7. The van der Waals surface area contributed by atoms with E-state index in [2.05, 4.69) is 15.9 Å². The average Bonchev–Trinajstić information content (AvgIpc) is 2.38. The Labute approximate surface area is 126 Å². The minimum Gasteiger partial charge on any atom is -0.477 e. The molecule has 0 unspecified atom stereocenters. The molecule has 0 bridgehead atoms. The fourth-order valence-corrected chi connectivity index (χ4v) is 3.33. The largest absolute Gasteiger partial charge is 0.477 e. The quantitative estimate of drug-likeness (QED) is 0.582. The van der Waals surface area contributed by atoms with Crippen LogP contribution in [0.1, 0.15) is 19.4 Å². The molecule has 0 aromatic heterocycles. The summed E-state index contributed by atoms with van der Waals surface area (Å²) in [5.41, 5.74) is 0.602. The molecule has 7 heteroatoms. The molecule has 0 saturated carbocycles. The van der Waals surface area contributed by atoms with Crippen LogP contribution < -0.4 is 0 Å². The van der Waals surface area contributed by atoms with Gasteiger partial charge in [0.25, 0.3) is 0 Å². The van der Waals surface area contributed by atoms with Crippen LogP contribution in [-0.4, -0.2) is 24.3 Å². The minimum atomic E-state index is -3.81. The number of rotatable bonds is 7. The number of halogens is 1. The van der Waals surface area contributed by atoms with Gasteiger partial charge in [-0.15, -0.1) is 0 Å². The zero-order valence-electron chi connectivity index (χ0n) is 11.2. The SMILES string of the molecule is CCOP(=O)(OCC)/C(=C/c1ccc(Br)cc1)C(=O)O. The fourth-order valence-electron chi connectivity index (χ4n) is 1.49. The molecule has 0 aliphatic heterocycles. The molecule has 5 nitrogen and oxygen atoms in total. The number of aliphatic carboxylic acids is 1. The van der Waals surface area contributed by atoms with Gasteiger partial charge in [0.05, 0.1) is 13.2 Å². The second kappa shape index (κ2) is 7.74. The normalized spacial score (nSPS) is 12.4. The molecule has 0 amide bonds. The second-order valence-electron chi connectivity index (χ2n) is 3.72. The number of carboxylic acids is 1. The van der Waals surface area contributed by atoms with Crippen LogP contribution in [-0.2, 0) is 18.4 Å². The summed E-state index contributed by atoms with van der Waals surface area (Å²) >= 11 is 3.29. The molecule has 0 aliphatic rings. The van der Waals surface area contributed by atoms with Crippen molar-refractivity contribution < 1.29 is 23.5 Å². The van der Waals surface area contributed by atoms with Gasteiger partial charge in [-0.3, -0.25) is 4.57 Å². The Bertz CT molecular complexity index is 528. The summed E-state index contributed by atoms with van der Waals surface area (Å²) in [6.45, 7) is 3.46. The van der Waals surface area contributed by atoms with Gasteiger partial charge in [0.2, 0.25) is 0 Å². The highest BCUT2D eigenvalue weighted by molar-refractivity contribution is 9.10. The molecule has 0 aliphatic carbocycles. The Morgan fingerprint density at radius 3 is 2.15 bits per heavy atom. The predicted molar refractivity (Wildman–Crippen MR) is 80.6 cm³/mol. The molecule has 0 fully saturated rings. The van der Waals surface area contributed by atoms with Crippen molar-refractivity contribution >= 4 is 35.6 Å². The second-order valence-corrected chi connectivity index (χ2v) is 6.63. The van der Waals surface area contributed by atoms with E-state index in [9.17, 15) is 14.5 Å². The molecule has 110 valence electrons. The highest BCUT2D eigenvalue weighted by Crippen LogP contribution is 2.56. The number of hydrogen-bond acceptors (Lipinski definition) is 4. The third-order valence-corrected chi connectivity index (χ3v) is 4.92. The predicted octanol–water partition coefficient (Wildman–Crippen LogP) is 4.14. The van der Waals surface area contributed by atoms with Crippen LogP contribution in [0, 0.1) is 0 Å². The van der Waals surface area contributed by atoms with E-state index >= 15 is 0 Å². The zero-order chi connectivity index (χ0) is 15.2. The summed E-state index contributed by atoms with van der Waals surface area (Å²) in [6.07, 6.45) is 1.31. The van der Waals surface area contributed by atoms with Gasteiger partial charge in [0.1, 0.15) is 5.31 Å². The molecule has 0 heterocycles. The fraction of sp³-hybridized carbons (Fsp3) is 0.308. The monoisotopic (exact) mass is 362 g/mol. The van der Waals surface area contributed by atoms with Crippen molar-refractivity contribution in [2.24, 2.45) is 0 Å². The van der Waals surface area contributed by atoms with E-state index in [1.807, 2.05) is 0 Å². The first kappa shape index (κ1) is 17.1. The van der Waals surface area contributed by atoms with Crippen molar-refractivity contribution in [1.29, 1.82) is 0 Å². The van der Waals surface area contributed by atoms with Crippen LogP contribution in [0.3, 0.4) is 0 Å². The van der Waals surface area contributed by atoms with E-state index in [1.165, 1.54) is 6.08 Å². The first-order chi connectivity index (χ1) is 9.42. The lowest BCUT2D eigenvalue weighted by molar-refractivity contribution is -0.132. The molecule has 1 N–H and O–H groups in total. The Hall–Kier alpha value is -0.940. The summed E-state index contributed by atoms with van der Waals surface area (Å²) in [6, 6.07) is 6.93. The maximum atomic E-state index is 12.5. The van der Waals surface area contributed by atoms with Crippen LogP contribution in [0.25, 0.3) is 6.08 Å². The minimum absolute atomic E-state index is 0.0994. The third kappa shape index (κ3) is 4.56. The molecule has 0 saturated heterocycles. The molecular formula is C13H16BrO5P. The Morgan fingerprint density at radius 1 is 1.25 bits per heavy atom. The van der Waals surface area contributed by atoms with E-state index < -0.39 is 13.6 Å². The van der Waals surface area contributed by atoms with Gasteiger partial charge in [0.15, 0.2) is 0 Å². The maximum Gasteiger partial charge on any atom is 0.368 e. The van der Waals surface area contributed by atoms with E-state index in [-0.39, 0.29) is 18.5 Å². The molecule has 1 aromatic carbocycles. The topological polar surface area (TPSA) is 72.8 Å². The first-order valence-corrected chi connectivity index (χ1v) is 8.36. The van der Waals surface area contributed by atoms with Gasteiger partial charge in [0, 0.05) is 4.47 Å². The van der Waals surface area contributed by atoms with Crippen molar-refractivity contribution in [2.75, 3.05) is 13.2 Å². The summed E-state index contributed by atoms with van der Waals surface area (Å²) < 4.78 is 23.5. The van der Waals surface area contributed by atoms with Crippen LogP contribution in [0.2, 0.25) is 0 Å². The van der Waals surface area contributed by atoms with Crippen LogP contribution >= 0.6 is 23.5 Å². The first-order valence-electron chi connectivity index (χ1n) is 6.03. The van der Waals surface area contributed by atoms with Gasteiger partial charge in [-0.05, 0) is 37.6 Å². The van der Waals surface area contributed by atoms with E-state index in [0.717, 1.165) is 4.47 Å². The van der Waals surface area contributed by atoms with Crippen molar-refractivity contribution in [1.82, 2.24) is 0 Å². The molecule has 1 rings (SSSR count). The number of benzene rings is 1. The van der Waals surface area contributed by atoms with Crippen molar-refractivity contribution in [2.45, 2.75) is 13.8 Å². The molecule has 0 radical (unpaired) electrons. The standard InChI is InChI=1S/C13H16BrO5P/c1-3-18-20(17,19-4-2)12(13(15)16)9-10-5-7-11(14)8-6-10/h5-9H,3-4H2,1-2H3,(H,15,16)/b12-9+. The Kier molecular flexibility index (Phi) is 6.62.